The Morgan fingerprint density at radius 3 is 1.88 bits per heavy atom. The number of aliphatic hydroxyl groups is 2. The Hall–Kier alpha value is -3.58. The molecule has 1 aromatic rings. The van der Waals surface area contributed by atoms with E-state index in [0.29, 0.717) is 31.5 Å². The number of anilines is 1. The number of unbranched alkanes of at least 4 members (excludes halogenated alkanes) is 10. The van der Waals surface area contributed by atoms with E-state index in [-0.39, 0.29) is 18.7 Å². The van der Waals surface area contributed by atoms with E-state index >= 15 is 0 Å². The van der Waals surface area contributed by atoms with Crippen LogP contribution in [0.4, 0.5) is 5.82 Å². The van der Waals surface area contributed by atoms with Crippen molar-refractivity contribution in [1.29, 1.82) is 0 Å². The highest BCUT2D eigenvalue weighted by atomic mass is 31.3. The van der Waals surface area contributed by atoms with Crippen molar-refractivity contribution >= 4 is 33.4 Å². The van der Waals surface area contributed by atoms with Gasteiger partial charge in [-0.2, -0.15) is 9.29 Å². The van der Waals surface area contributed by atoms with Crippen LogP contribution < -0.4 is 11.4 Å². The summed E-state index contributed by atoms with van der Waals surface area (Å²) < 4.78 is 62.4. The van der Waals surface area contributed by atoms with Gasteiger partial charge in [-0.3, -0.25) is 23.2 Å². The molecule has 19 nitrogen and oxygen atoms in total. The zero-order chi connectivity index (χ0) is 52.6. The van der Waals surface area contributed by atoms with E-state index in [9.17, 15) is 43.5 Å². The van der Waals surface area contributed by atoms with Crippen LogP contribution in [0.2, 0.25) is 0 Å². The zero-order valence-corrected chi connectivity index (χ0v) is 44.4. The lowest BCUT2D eigenvalue weighted by molar-refractivity contribution is -0.161. The Balaban J connectivity index is 1.41. The Bertz CT molecular complexity index is 2030. The molecule has 0 aliphatic carbocycles. The highest BCUT2D eigenvalue weighted by molar-refractivity contribution is 7.61. The largest absolute Gasteiger partial charge is 0.481 e. The highest BCUT2D eigenvalue weighted by Crippen LogP contribution is 2.60. The molecule has 2 aliphatic heterocycles. The molecular weight excluding hydrogens is 973 g/mol. The average molecular weight is 1060 g/mol. The molecule has 1 aromatic heterocycles. The first kappa shape index (κ1) is 62.7. The Labute approximate surface area is 426 Å². The summed E-state index contributed by atoms with van der Waals surface area (Å²) in [6, 6.07) is 1.24. The number of hydrogen-bond donors (Lipinski definition) is 5. The maximum absolute atomic E-state index is 12.9. The molecular formula is C51H83N3O16P2. The van der Waals surface area contributed by atoms with E-state index in [1.807, 2.05) is 24.3 Å². The molecule has 3 rings (SSSR count). The van der Waals surface area contributed by atoms with E-state index in [4.69, 9.17) is 33.7 Å². The number of hydrogen-bond acceptors (Lipinski definition) is 16. The number of aromatic nitrogens is 2. The van der Waals surface area contributed by atoms with E-state index < -0.39 is 83.7 Å². The standard InChI is InChI=1S/C51H83N3O16P2/c1-4-5-25-31-42-43(68-42)32-27-22-18-14-10-6-7-11-16-20-24-29-34-47(56)67-41(37-64-46(55)33-28-23-19-15-12-8-9-13-17-21-26-30-40(2)3)38-65-71(60,61)70-72(62,63)66-39-44-48(57)49(58)50(69-44)54-36-35-45(52)53-51(54)59/h5,7,10-11,14,20,22,24-25,27,35-36,40-44,48-50,57-58H,4,6,8-9,12-13,15-19,21,23,26,28-34,37-39H2,1-3H3,(H,60,61)(H,62,63)(H2,52,53,59)/b11-7-,14-10-,24-20-,25-5-,27-22-/t41-,42?,43?,44-,48-,49-,50-/m1/s1. The molecule has 6 N–H and O–H groups in total. The number of nitrogens with two attached hydrogens (primary N) is 1. The summed E-state index contributed by atoms with van der Waals surface area (Å²) in [7, 11) is -10.9. The summed E-state index contributed by atoms with van der Waals surface area (Å²) in [5.74, 6) is -0.642. The molecule has 2 fully saturated rings. The molecule has 3 heterocycles. The van der Waals surface area contributed by atoms with Gasteiger partial charge in [-0.25, -0.2) is 13.9 Å². The number of ether oxygens (including phenoxy) is 4. The predicted molar refractivity (Wildman–Crippen MR) is 274 cm³/mol. The quantitative estimate of drug-likeness (QED) is 0.0134. The van der Waals surface area contributed by atoms with E-state index in [1.54, 1.807) is 0 Å². The zero-order valence-electron chi connectivity index (χ0n) is 42.6. The molecule has 2 saturated heterocycles. The van der Waals surface area contributed by atoms with Gasteiger partial charge in [0.1, 0.15) is 30.7 Å². The molecule has 0 amide bonds. The van der Waals surface area contributed by atoms with Crippen LogP contribution in [0.3, 0.4) is 0 Å². The van der Waals surface area contributed by atoms with Gasteiger partial charge in [0.05, 0.1) is 25.4 Å². The third kappa shape index (κ3) is 28.2. The first-order valence-corrected chi connectivity index (χ1v) is 28.8. The Morgan fingerprint density at radius 2 is 1.28 bits per heavy atom. The van der Waals surface area contributed by atoms with Gasteiger partial charge in [-0.1, -0.05) is 152 Å². The molecule has 0 aromatic carbocycles. The first-order valence-electron chi connectivity index (χ1n) is 25.8. The van der Waals surface area contributed by atoms with Gasteiger partial charge in [0.15, 0.2) is 12.3 Å². The number of esters is 2. The highest BCUT2D eigenvalue weighted by Gasteiger charge is 2.46. The number of allylic oxidation sites excluding steroid dienone is 8. The summed E-state index contributed by atoms with van der Waals surface area (Å²) >= 11 is 0. The number of nitrogen functional groups attached to an aromatic ring is 1. The summed E-state index contributed by atoms with van der Waals surface area (Å²) in [6.07, 6.45) is 33.7. The van der Waals surface area contributed by atoms with Crippen molar-refractivity contribution in [2.24, 2.45) is 5.92 Å². The maximum Gasteiger partial charge on any atom is 0.481 e. The number of phosphoric acid groups is 2. The first-order chi connectivity index (χ1) is 34.5. The van der Waals surface area contributed by atoms with Crippen molar-refractivity contribution in [3.05, 3.63) is 83.5 Å². The molecule has 408 valence electrons. The number of phosphoric ester groups is 2. The fourth-order valence-corrected chi connectivity index (χ4v) is 9.73. The number of carbonyl (C=O) groups excluding carboxylic acids is 2. The second-order valence-electron chi connectivity index (χ2n) is 18.5. The maximum atomic E-state index is 12.9. The van der Waals surface area contributed by atoms with Crippen LogP contribution in [0.15, 0.2) is 77.8 Å². The molecule has 4 unspecified atom stereocenters. The molecule has 0 bridgehead atoms. The number of nitrogens with zero attached hydrogens (tertiary/aromatic N) is 2. The lowest BCUT2D eigenvalue weighted by Crippen LogP contribution is -2.36. The molecule has 2 aliphatic rings. The normalized spacial score (nSPS) is 22.4. The number of aliphatic hydroxyl groups excluding tert-OH is 2. The van der Waals surface area contributed by atoms with Gasteiger partial charge in [0.25, 0.3) is 0 Å². The SMILES string of the molecule is CC/C=C\CC1OC1C/C=C\C/C=C\C/C=C\C/C=C\CCC(=O)O[C@H](COC(=O)CCCCCCCCCCCCCC(C)C)COP(=O)(O)OP(=O)(O)OC[C@H]1O[C@@H](n2ccc(N)nc2=O)[C@H](O)[C@@H]1O. The van der Waals surface area contributed by atoms with Crippen LogP contribution in [0.1, 0.15) is 162 Å². The van der Waals surface area contributed by atoms with Gasteiger partial charge in [-0.05, 0) is 63.4 Å². The van der Waals surface area contributed by atoms with E-state index in [1.165, 1.54) is 51.0 Å². The second-order valence-corrected chi connectivity index (χ2v) is 21.6. The van der Waals surface area contributed by atoms with Crippen molar-refractivity contribution < 1.29 is 71.0 Å². The van der Waals surface area contributed by atoms with Crippen molar-refractivity contribution in [2.45, 2.75) is 198 Å². The monoisotopic (exact) mass is 1060 g/mol. The van der Waals surface area contributed by atoms with Gasteiger partial charge < -0.3 is 44.7 Å². The minimum atomic E-state index is -5.44. The lowest BCUT2D eigenvalue weighted by atomic mass is 10.0. The fourth-order valence-electron chi connectivity index (χ4n) is 7.62. The van der Waals surface area contributed by atoms with Gasteiger partial charge in [0, 0.05) is 19.0 Å². The van der Waals surface area contributed by atoms with Crippen LogP contribution in [-0.4, -0.2) is 97.9 Å². The molecule has 0 spiro atoms. The van der Waals surface area contributed by atoms with Crippen molar-refractivity contribution in [2.75, 3.05) is 25.6 Å². The number of rotatable bonds is 40. The van der Waals surface area contributed by atoms with Crippen LogP contribution in [0, 0.1) is 5.92 Å². The summed E-state index contributed by atoms with van der Waals surface area (Å²) in [5, 5.41) is 20.9. The molecule has 72 heavy (non-hydrogen) atoms. The van der Waals surface area contributed by atoms with Gasteiger partial charge in [-0.15, -0.1) is 0 Å². The minimum absolute atomic E-state index is 0.0796. The van der Waals surface area contributed by atoms with E-state index in [2.05, 4.69) is 66.5 Å². The molecule has 0 saturated carbocycles. The van der Waals surface area contributed by atoms with Crippen molar-refractivity contribution in [3.8, 4) is 0 Å². The van der Waals surface area contributed by atoms with Crippen LogP contribution >= 0.6 is 15.6 Å². The summed E-state index contributed by atoms with van der Waals surface area (Å²) in [4.78, 5) is 61.9. The van der Waals surface area contributed by atoms with Crippen LogP contribution in [0.5, 0.6) is 0 Å². The summed E-state index contributed by atoms with van der Waals surface area (Å²) in [5.41, 5.74) is 4.58. The molecule has 21 heteroatoms. The van der Waals surface area contributed by atoms with Crippen LogP contribution in [-0.2, 0) is 51.0 Å². The topological polar surface area (TPSA) is 278 Å². The van der Waals surface area contributed by atoms with Crippen LogP contribution in [0.25, 0.3) is 0 Å². The third-order valence-electron chi connectivity index (χ3n) is 11.7. The van der Waals surface area contributed by atoms with Crippen molar-refractivity contribution in [3.63, 3.8) is 0 Å². The van der Waals surface area contributed by atoms with Crippen molar-refractivity contribution in [1.82, 2.24) is 9.55 Å². The second kappa shape index (κ2) is 35.6. The third-order valence-corrected chi connectivity index (χ3v) is 14.3. The number of epoxide rings is 1. The van der Waals surface area contributed by atoms with E-state index in [0.717, 1.165) is 74.5 Å². The fraction of sp³-hybridized carbons (Fsp3) is 0.686. The lowest BCUT2D eigenvalue weighted by Gasteiger charge is -2.21. The number of carbonyl (C=O) groups is 2. The van der Waals surface area contributed by atoms with Gasteiger partial charge in [0.2, 0.25) is 0 Å². The predicted octanol–water partition coefficient (Wildman–Crippen LogP) is 9.57. The molecule has 0 radical (unpaired) electrons. The van der Waals surface area contributed by atoms with Gasteiger partial charge >= 0.3 is 33.3 Å². The smallest absolute Gasteiger partial charge is 0.462 e. The average Bonchev–Trinajstić information content (AvgIpc) is 4.01. The summed E-state index contributed by atoms with van der Waals surface area (Å²) in [6.45, 7) is 4.26. The Morgan fingerprint density at radius 1 is 0.722 bits per heavy atom. The molecule has 9 atom stereocenters. The Kier molecular flexibility index (Phi) is 31.0. The minimum Gasteiger partial charge on any atom is -0.462 e.